The fraction of sp³-hybridized carbons (Fsp3) is 0.357. The van der Waals surface area contributed by atoms with E-state index in [0.717, 1.165) is 11.1 Å². The van der Waals surface area contributed by atoms with Crippen LogP contribution in [-0.4, -0.2) is 11.1 Å². The highest BCUT2D eigenvalue weighted by atomic mass is 16.4. The van der Waals surface area contributed by atoms with Gasteiger partial charge in [0.1, 0.15) is 0 Å². The molecule has 1 aliphatic carbocycles. The number of hydrogen-bond acceptors (Lipinski definition) is 1. The van der Waals surface area contributed by atoms with Crippen LogP contribution in [0.2, 0.25) is 0 Å². The van der Waals surface area contributed by atoms with Gasteiger partial charge in [0, 0.05) is 0 Å². The maximum atomic E-state index is 11.5. The molecule has 0 saturated heterocycles. The number of carboxylic acid groups (broad SMARTS) is 1. The number of aliphatic carboxylic acids is 1. The molecule has 0 aliphatic heterocycles. The molecule has 0 aromatic heterocycles. The van der Waals surface area contributed by atoms with E-state index in [1.54, 1.807) is 0 Å². The largest absolute Gasteiger partial charge is 0.481 e. The minimum Gasteiger partial charge on any atom is -0.481 e. The molecule has 84 valence electrons. The van der Waals surface area contributed by atoms with E-state index in [4.69, 9.17) is 0 Å². The van der Waals surface area contributed by atoms with Gasteiger partial charge in [-0.2, -0.15) is 0 Å². The predicted molar refractivity (Wildman–Crippen MR) is 63.6 cm³/mol. The molecule has 0 radical (unpaired) electrons. The number of benzene rings is 1. The van der Waals surface area contributed by atoms with Gasteiger partial charge in [0.05, 0.1) is 5.41 Å². The van der Waals surface area contributed by atoms with Gasteiger partial charge in [-0.3, -0.25) is 4.79 Å². The van der Waals surface area contributed by atoms with E-state index in [-0.39, 0.29) is 0 Å². The summed E-state index contributed by atoms with van der Waals surface area (Å²) < 4.78 is 0. The van der Waals surface area contributed by atoms with Crippen LogP contribution >= 0.6 is 0 Å². The molecule has 1 aromatic carbocycles. The van der Waals surface area contributed by atoms with Gasteiger partial charge in [-0.05, 0) is 43.4 Å². The van der Waals surface area contributed by atoms with E-state index in [0.29, 0.717) is 12.8 Å². The lowest BCUT2D eigenvalue weighted by molar-refractivity contribution is -0.143. The van der Waals surface area contributed by atoms with Gasteiger partial charge in [-0.15, -0.1) is 0 Å². The highest BCUT2D eigenvalue weighted by molar-refractivity contribution is 5.82. The average Bonchev–Trinajstić information content (AvgIpc) is 2.72. The smallest absolute Gasteiger partial charge is 0.314 e. The number of allylic oxidation sites excluding steroid dienone is 2. The first-order chi connectivity index (χ1) is 7.56. The van der Waals surface area contributed by atoms with Crippen LogP contribution < -0.4 is 0 Å². The van der Waals surface area contributed by atoms with E-state index in [1.165, 1.54) is 5.56 Å². The highest BCUT2D eigenvalue weighted by Crippen LogP contribution is 2.38. The molecule has 2 rings (SSSR count). The van der Waals surface area contributed by atoms with Crippen molar-refractivity contribution in [2.75, 3.05) is 0 Å². The third-order valence-corrected chi connectivity index (χ3v) is 3.57. The van der Waals surface area contributed by atoms with Crippen LogP contribution in [0.1, 0.15) is 29.5 Å². The molecule has 16 heavy (non-hydrogen) atoms. The Bertz CT molecular complexity index is 450. The molecular weight excluding hydrogens is 200 g/mol. The second-order valence-electron chi connectivity index (χ2n) is 4.57. The monoisotopic (exact) mass is 216 g/mol. The zero-order valence-electron chi connectivity index (χ0n) is 9.66. The zero-order valence-corrected chi connectivity index (χ0v) is 9.66. The quantitative estimate of drug-likeness (QED) is 0.772. The minimum absolute atomic E-state index is 0.602. The Morgan fingerprint density at radius 3 is 2.31 bits per heavy atom. The molecule has 0 saturated carbocycles. The van der Waals surface area contributed by atoms with Crippen LogP contribution in [-0.2, 0) is 10.2 Å². The fourth-order valence-electron chi connectivity index (χ4n) is 2.23. The van der Waals surface area contributed by atoms with Crippen LogP contribution in [0.4, 0.5) is 0 Å². The van der Waals surface area contributed by atoms with Crippen LogP contribution in [0.15, 0.2) is 30.4 Å². The van der Waals surface area contributed by atoms with Crippen molar-refractivity contribution in [2.45, 2.75) is 32.1 Å². The molecule has 0 unspecified atom stereocenters. The van der Waals surface area contributed by atoms with Crippen molar-refractivity contribution in [3.05, 3.63) is 47.0 Å². The molecule has 0 heterocycles. The summed E-state index contributed by atoms with van der Waals surface area (Å²) in [4.78, 5) is 11.5. The average molecular weight is 216 g/mol. The number of carboxylic acids is 1. The van der Waals surface area contributed by atoms with Crippen molar-refractivity contribution in [3.63, 3.8) is 0 Å². The minimum atomic E-state index is -0.724. The molecule has 0 atom stereocenters. The number of carbonyl (C=O) groups is 1. The van der Waals surface area contributed by atoms with Gasteiger partial charge in [0.2, 0.25) is 0 Å². The standard InChI is InChI=1S/C14H16O2/c1-10-5-6-12(9-11(10)2)14(13(15)16)7-3-4-8-14/h3-6,9H,7-8H2,1-2H3,(H,15,16). The molecule has 1 aliphatic rings. The van der Waals surface area contributed by atoms with Crippen LogP contribution in [0, 0.1) is 13.8 Å². The zero-order chi connectivity index (χ0) is 11.8. The Balaban J connectivity index is 2.48. The SMILES string of the molecule is Cc1ccc(C2(C(=O)O)CC=CC2)cc1C. The maximum Gasteiger partial charge on any atom is 0.314 e. The third-order valence-electron chi connectivity index (χ3n) is 3.57. The summed E-state index contributed by atoms with van der Waals surface area (Å²) in [7, 11) is 0. The fourth-order valence-corrected chi connectivity index (χ4v) is 2.23. The summed E-state index contributed by atoms with van der Waals surface area (Å²) in [5.74, 6) is -0.722. The van der Waals surface area contributed by atoms with Crippen molar-refractivity contribution in [3.8, 4) is 0 Å². The van der Waals surface area contributed by atoms with Crippen molar-refractivity contribution in [2.24, 2.45) is 0 Å². The topological polar surface area (TPSA) is 37.3 Å². The lowest BCUT2D eigenvalue weighted by Gasteiger charge is -2.25. The summed E-state index contributed by atoms with van der Waals surface area (Å²) in [6, 6.07) is 5.97. The van der Waals surface area contributed by atoms with Crippen molar-refractivity contribution >= 4 is 5.97 Å². The van der Waals surface area contributed by atoms with E-state index >= 15 is 0 Å². The molecule has 2 nitrogen and oxygen atoms in total. The molecule has 0 fully saturated rings. The maximum absolute atomic E-state index is 11.5. The van der Waals surface area contributed by atoms with E-state index in [9.17, 15) is 9.90 Å². The van der Waals surface area contributed by atoms with E-state index in [2.05, 4.69) is 0 Å². The van der Waals surface area contributed by atoms with E-state index < -0.39 is 11.4 Å². The van der Waals surface area contributed by atoms with Crippen molar-refractivity contribution in [1.82, 2.24) is 0 Å². The van der Waals surface area contributed by atoms with E-state index in [1.807, 2.05) is 44.2 Å². The first kappa shape index (κ1) is 10.9. The van der Waals surface area contributed by atoms with Crippen LogP contribution in [0.5, 0.6) is 0 Å². The number of aryl methyl sites for hydroxylation is 2. The van der Waals surface area contributed by atoms with Crippen LogP contribution in [0.25, 0.3) is 0 Å². The van der Waals surface area contributed by atoms with Gasteiger partial charge >= 0.3 is 5.97 Å². The van der Waals surface area contributed by atoms with Gasteiger partial charge in [0.15, 0.2) is 0 Å². The summed E-state index contributed by atoms with van der Waals surface area (Å²) >= 11 is 0. The van der Waals surface area contributed by atoms with Gasteiger partial charge in [-0.1, -0.05) is 30.4 Å². The highest BCUT2D eigenvalue weighted by Gasteiger charge is 2.40. The Morgan fingerprint density at radius 2 is 1.81 bits per heavy atom. The molecular formula is C14H16O2. The van der Waals surface area contributed by atoms with Gasteiger partial charge in [-0.25, -0.2) is 0 Å². The number of hydrogen-bond donors (Lipinski definition) is 1. The summed E-state index contributed by atoms with van der Waals surface area (Å²) in [5.41, 5.74) is 2.56. The lowest BCUT2D eigenvalue weighted by atomic mass is 9.77. The molecule has 0 amide bonds. The van der Waals surface area contributed by atoms with Crippen molar-refractivity contribution < 1.29 is 9.90 Å². The Morgan fingerprint density at radius 1 is 1.19 bits per heavy atom. The second kappa shape index (κ2) is 3.78. The Kier molecular flexibility index (Phi) is 2.58. The first-order valence-electron chi connectivity index (χ1n) is 5.52. The van der Waals surface area contributed by atoms with Crippen LogP contribution in [0.3, 0.4) is 0 Å². The summed E-state index contributed by atoms with van der Waals surface area (Å²) in [6.07, 6.45) is 5.13. The first-order valence-corrected chi connectivity index (χ1v) is 5.52. The van der Waals surface area contributed by atoms with Gasteiger partial charge in [0.25, 0.3) is 0 Å². The summed E-state index contributed by atoms with van der Waals surface area (Å²) in [6.45, 7) is 4.07. The molecule has 2 heteroatoms. The summed E-state index contributed by atoms with van der Waals surface area (Å²) in [5, 5.41) is 9.44. The second-order valence-corrected chi connectivity index (χ2v) is 4.57. The molecule has 1 aromatic rings. The normalized spacial score (nSPS) is 17.6. The van der Waals surface area contributed by atoms with Gasteiger partial charge < -0.3 is 5.11 Å². The predicted octanol–water partition coefficient (Wildman–Crippen LogP) is 2.98. The van der Waals surface area contributed by atoms with Crippen molar-refractivity contribution in [1.29, 1.82) is 0 Å². The third kappa shape index (κ3) is 1.54. The Labute approximate surface area is 95.6 Å². The lowest BCUT2D eigenvalue weighted by Crippen LogP contribution is -2.33. The Hall–Kier alpha value is -1.57. The molecule has 1 N–H and O–H groups in total. The molecule has 0 bridgehead atoms. The number of rotatable bonds is 2. The molecule has 0 spiro atoms.